The molecule has 2 rings (SSSR count). The SMILES string of the molecule is Cn1ccnc1COC(=O)[C@](C)(N)Cc1ccc(O)c(O)c1. The smallest absolute Gasteiger partial charge is 0.326 e. The third-order valence-electron chi connectivity index (χ3n) is 3.33. The molecule has 0 radical (unpaired) electrons. The second kappa shape index (κ2) is 6.07. The summed E-state index contributed by atoms with van der Waals surface area (Å²) in [5, 5.41) is 18.8. The number of nitrogens with two attached hydrogens (primary N) is 1. The van der Waals surface area contributed by atoms with Gasteiger partial charge < -0.3 is 25.3 Å². The maximum absolute atomic E-state index is 12.1. The van der Waals surface area contributed by atoms with Crippen LogP contribution in [0.25, 0.3) is 0 Å². The van der Waals surface area contributed by atoms with Gasteiger partial charge in [-0.1, -0.05) is 6.07 Å². The fourth-order valence-electron chi connectivity index (χ4n) is 2.01. The summed E-state index contributed by atoms with van der Waals surface area (Å²) in [5.41, 5.74) is 5.38. The van der Waals surface area contributed by atoms with Crippen LogP contribution in [-0.2, 0) is 29.6 Å². The van der Waals surface area contributed by atoms with E-state index >= 15 is 0 Å². The number of imidazole rings is 1. The van der Waals surface area contributed by atoms with Crippen LogP contribution in [0.4, 0.5) is 0 Å². The van der Waals surface area contributed by atoms with Crippen molar-refractivity contribution >= 4 is 5.97 Å². The van der Waals surface area contributed by atoms with Crippen molar-refractivity contribution in [2.24, 2.45) is 12.8 Å². The Hall–Kier alpha value is -2.54. The summed E-state index contributed by atoms with van der Waals surface area (Å²) in [6, 6.07) is 4.30. The number of hydrogen-bond donors (Lipinski definition) is 3. The number of phenolic OH excluding ortho intramolecular Hbond substituents is 2. The van der Waals surface area contributed by atoms with Gasteiger partial charge in [0.1, 0.15) is 18.0 Å². The van der Waals surface area contributed by atoms with Crippen LogP contribution in [0.15, 0.2) is 30.6 Å². The Morgan fingerprint density at radius 1 is 1.41 bits per heavy atom. The minimum Gasteiger partial charge on any atom is -0.504 e. The van der Waals surface area contributed by atoms with Gasteiger partial charge in [0.15, 0.2) is 11.5 Å². The summed E-state index contributed by atoms with van der Waals surface area (Å²) in [6.45, 7) is 1.59. The number of hydrogen-bond acceptors (Lipinski definition) is 6. The van der Waals surface area contributed by atoms with Crippen LogP contribution in [0.1, 0.15) is 18.3 Å². The Balaban J connectivity index is 2.00. The van der Waals surface area contributed by atoms with Gasteiger partial charge in [0.2, 0.25) is 0 Å². The number of ether oxygens (including phenoxy) is 1. The molecule has 0 fully saturated rings. The Morgan fingerprint density at radius 3 is 2.73 bits per heavy atom. The molecule has 7 heteroatoms. The Labute approximate surface area is 128 Å². The Kier molecular flexibility index (Phi) is 4.37. The number of aromatic hydroxyl groups is 2. The van der Waals surface area contributed by atoms with Crippen molar-refractivity contribution in [3.05, 3.63) is 42.0 Å². The lowest BCUT2D eigenvalue weighted by atomic mass is 9.94. The molecular formula is C15H19N3O4. The predicted molar refractivity (Wildman–Crippen MR) is 79.1 cm³/mol. The van der Waals surface area contributed by atoms with Gasteiger partial charge in [-0.15, -0.1) is 0 Å². The van der Waals surface area contributed by atoms with Gasteiger partial charge >= 0.3 is 5.97 Å². The Bertz CT molecular complexity index is 679. The number of phenols is 2. The standard InChI is InChI=1S/C15H19N3O4/c1-15(16,8-10-3-4-11(19)12(20)7-10)14(21)22-9-13-17-5-6-18(13)2/h3-7,19-20H,8-9,16H2,1-2H3/t15-/m1/s1. The van der Waals surface area contributed by atoms with Crippen LogP contribution < -0.4 is 5.73 Å². The van der Waals surface area contributed by atoms with Gasteiger partial charge in [-0.25, -0.2) is 4.98 Å². The van der Waals surface area contributed by atoms with E-state index in [1.807, 2.05) is 0 Å². The van der Waals surface area contributed by atoms with Crippen molar-refractivity contribution in [1.29, 1.82) is 0 Å². The van der Waals surface area contributed by atoms with E-state index in [0.717, 1.165) is 0 Å². The van der Waals surface area contributed by atoms with E-state index in [-0.39, 0.29) is 24.5 Å². The first-order valence-corrected chi connectivity index (χ1v) is 6.73. The van der Waals surface area contributed by atoms with E-state index in [2.05, 4.69) is 4.98 Å². The van der Waals surface area contributed by atoms with Crippen LogP contribution in [0.5, 0.6) is 11.5 Å². The maximum atomic E-state index is 12.1. The summed E-state index contributed by atoms with van der Waals surface area (Å²) in [7, 11) is 1.80. The highest BCUT2D eigenvalue weighted by Gasteiger charge is 2.31. The van der Waals surface area contributed by atoms with E-state index < -0.39 is 11.5 Å². The van der Waals surface area contributed by atoms with Crippen molar-refractivity contribution in [3.63, 3.8) is 0 Å². The largest absolute Gasteiger partial charge is 0.504 e. The van der Waals surface area contributed by atoms with Crippen molar-refractivity contribution < 1.29 is 19.7 Å². The minimum absolute atomic E-state index is 0.0376. The first-order chi connectivity index (χ1) is 10.3. The molecular weight excluding hydrogens is 286 g/mol. The second-order valence-electron chi connectivity index (χ2n) is 5.45. The van der Waals surface area contributed by atoms with E-state index in [9.17, 15) is 15.0 Å². The van der Waals surface area contributed by atoms with Crippen molar-refractivity contribution in [2.45, 2.75) is 25.5 Å². The molecule has 0 aliphatic heterocycles. The third kappa shape index (κ3) is 3.56. The van der Waals surface area contributed by atoms with Gasteiger partial charge in [-0.05, 0) is 24.6 Å². The van der Waals surface area contributed by atoms with Gasteiger partial charge in [-0.3, -0.25) is 4.79 Å². The monoisotopic (exact) mass is 305 g/mol. The average Bonchev–Trinajstić information content (AvgIpc) is 2.85. The number of rotatable bonds is 5. The van der Waals surface area contributed by atoms with Gasteiger partial charge in [0.25, 0.3) is 0 Å². The highest BCUT2D eigenvalue weighted by Crippen LogP contribution is 2.26. The first kappa shape index (κ1) is 15.8. The minimum atomic E-state index is -1.26. The van der Waals surface area contributed by atoms with Gasteiger partial charge in [0.05, 0.1) is 0 Å². The topological polar surface area (TPSA) is 111 Å². The molecule has 0 spiro atoms. The molecule has 0 aliphatic carbocycles. The molecule has 22 heavy (non-hydrogen) atoms. The lowest BCUT2D eigenvalue weighted by Gasteiger charge is -2.22. The molecule has 0 amide bonds. The predicted octanol–water partition coefficient (Wildman–Crippen LogP) is 0.835. The van der Waals surface area contributed by atoms with Crippen molar-refractivity contribution in [1.82, 2.24) is 9.55 Å². The number of nitrogens with zero attached hydrogens (tertiary/aromatic N) is 2. The average molecular weight is 305 g/mol. The maximum Gasteiger partial charge on any atom is 0.326 e. The number of aromatic nitrogens is 2. The molecule has 0 bridgehead atoms. The van der Waals surface area contributed by atoms with E-state index in [1.165, 1.54) is 12.1 Å². The lowest BCUT2D eigenvalue weighted by molar-refractivity contribution is -0.151. The van der Waals surface area contributed by atoms with Crippen LogP contribution in [0, 0.1) is 0 Å². The highest BCUT2D eigenvalue weighted by molar-refractivity contribution is 5.80. The molecule has 1 atom stereocenters. The van der Waals surface area contributed by atoms with E-state index in [0.29, 0.717) is 11.4 Å². The van der Waals surface area contributed by atoms with Crippen LogP contribution in [0.2, 0.25) is 0 Å². The quantitative estimate of drug-likeness (QED) is 0.557. The molecule has 0 unspecified atom stereocenters. The van der Waals surface area contributed by atoms with Crippen molar-refractivity contribution in [2.75, 3.05) is 0 Å². The van der Waals surface area contributed by atoms with Crippen LogP contribution >= 0.6 is 0 Å². The number of benzene rings is 1. The summed E-state index contributed by atoms with van der Waals surface area (Å²) in [5.74, 6) is -0.427. The van der Waals surface area contributed by atoms with Crippen LogP contribution in [-0.4, -0.2) is 31.3 Å². The first-order valence-electron chi connectivity index (χ1n) is 6.73. The second-order valence-corrected chi connectivity index (χ2v) is 5.45. The molecule has 0 saturated carbocycles. The Morgan fingerprint density at radius 2 is 2.14 bits per heavy atom. The number of carbonyl (C=O) groups is 1. The fraction of sp³-hybridized carbons (Fsp3) is 0.333. The molecule has 0 saturated heterocycles. The molecule has 2 aromatic rings. The zero-order valence-electron chi connectivity index (χ0n) is 12.5. The molecule has 118 valence electrons. The zero-order valence-corrected chi connectivity index (χ0v) is 12.5. The summed E-state index contributed by atoms with van der Waals surface area (Å²) in [6.07, 6.45) is 3.54. The highest BCUT2D eigenvalue weighted by atomic mass is 16.5. The number of aryl methyl sites for hydroxylation is 1. The molecule has 4 N–H and O–H groups in total. The molecule has 7 nitrogen and oxygen atoms in total. The van der Waals surface area contributed by atoms with E-state index in [1.54, 1.807) is 37.0 Å². The summed E-state index contributed by atoms with van der Waals surface area (Å²) >= 11 is 0. The third-order valence-corrected chi connectivity index (χ3v) is 3.33. The lowest BCUT2D eigenvalue weighted by Crippen LogP contribution is -2.48. The molecule has 1 aromatic carbocycles. The number of carbonyl (C=O) groups excluding carboxylic acids is 1. The van der Waals surface area contributed by atoms with Gasteiger partial charge in [-0.2, -0.15) is 0 Å². The molecule has 1 aromatic heterocycles. The van der Waals surface area contributed by atoms with Crippen molar-refractivity contribution in [3.8, 4) is 11.5 Å². The molecule has 0 aliphatic rings. The zero-order chi connectivity index (χ0) is 16.3. The normalized spacial score (nSPS) is 13.6. The summed E-state index contributed by atoms with van der Waals surface area (Å²) in [4.78, 5) is 16.2. The number of esters is 1. The fourth-order valence-corrected chi connectivity index (χ4v) is 2.01. The van der Waals surface area contributed by atoms with Crippen LogP contribution in [0.3, 0.4) is 0 Å². The summed E-state index contributed by atoms with van der Waals surface area (Å²) < 4.78 is 6.95. The van der Waals surface area contributed by atoms with Gasteiger partial charge in [0, 0.05) is 25.9 Å². The van der Waals surface area contributed by atoms with E-state index in [4.69, 9.17) is 10.5 Å². The molecule has 1 heterocycles.